The first-order valence-corrected chi connectivity index (χ1v) is 6.54. The van der Waals surface area contributed by atoms with Crippen molar-refractivity contribution >= 4 is 35.0 Å². The Morgan fingerprint density at radius 1 is 1.44 bits per heavy atom. The number of carbonyl (C=O) groups excluding carboxylic acids is 1. The van der Waals surface area contributed by atoms with E-state index in [2.05, 4.69) is 10.6 Å². The third-order valence-electron chi connectivity index (χ3n) is 2.69. The van der Waals surface area contributed by atoms with Crippen molar-refractivity contribution in [1.29, 1.82) is 0 Å². The molecule has 1 heterocycles. The first-order valence-electron chi connectivity index (χ1n) is 5.78. The molecule has 2 N–H and O–H groups in total. The third-order valence-corrected chi connectivity index (χ3v) is 3.26. The topological polar surface area (TPSA) is 50.4 Å². The van der Waals surface area contributed by atoms with Crippen molar-refractivity contribution < 1.29 is 9.53 Å². The van der Waals surface area contributed by atoms with Crippen LogP contribution in [0.5, 0.6) is 0 Å². The number of rotatable bonds is 2. The molecule has 1 aliphatic heterocycles. The number of nitrogens with one attached hydrogen (secondary N) is 2. The number of benzene rings is 1. The van der Waals surface area contributed by atoms with E-state index in [0.29, 0.717) is 22.3 Å². The number of ether oxygens (including phenoxy) is 1. The van der Waals surface area contributed by atoms with Gasteiger partial charge in [0, 0.05) is 11.6 Å². The lowest BCUT2D eigenvalue weighted by Gasteiger charge is -2.23. The average molecular weight is 289 g/mol. The molecule has 1 aromatic rings. The van der Waals surface area contributed by atoms with E-state index < -0.39 is 6.09 Å². The molecule has 0 saturated carbocycles. The monoisotopic (exact) mass is 288 g/mol. The summed E-state index contributed by atoms with van der Waals surface area (Å²) in [6.07, 6.45) is 1.30. The number of amides is 1. The van der Waals surface area contributed by atoms with Crippen LogP contribution in [-0.4, -0.2) is 25.3 Å². The second-order valence-electron chi connectivity index (χ2n) is 4.12. The van der Waals surface area contributed by atoms with Gasteiger partial charge in [-0.1, -0.05) is 23.2 Å². The van der Waals surface area contributed by atoms with Crippen LogP contribution < -0.4 is 10.6 Å². The zero-order chi connectivity index (χ0) is 13.0. The normalized spacial score (nSPS) is 19.3. The first-order chi connectivity index (χ1) is 8.65. The highest BCUT2D eigenvalue weighted by Gasteiger charge is 2.17. The smallest absolute Gasteiger partial charge is 0.411 e. The molecule has 0 spiro atoms. The Hall–Kier alpha value is -0.970. The predicted molar refractivity (Wildman–Crippen MR) is 72.5 cm³/mol. The largest absolute Gasteiger partial charge is 0.445 e. The molecule has 1 aliphatic rings. The zero-order valence-electron chi connectivity index (χ0n) is 9.71. The summed E-state index contributed by atoms with van der Waals surface area (Å²) in [7, 11) is 0. The van der Waals surface area contributed by atoms with Crippen molar-refractivity contribution in [2.45, 2.75) is 18.9 Å². The van der Waals surface area contributed by atoms with E-state index in [1.54, 1.807) is 18.2 Å². The summed E-state index contributed by atoms with van der Waals surface area (Å²) in [5.74, 6) is 0. The summed E-state index contributed by atoms with van der Waals surface area (Å²) >= 11 is 11.8. The fourth-order valence-corrected chi connectivity index (χ4v) is 2.14. The van der Waals surface area contributed by atoms with Crippen LogP contribution in [0, 0.1) is 0 Å². The standard InChI is InChI=1S/C12H14Cl2N2O2/c13-8-3-4-10(14)11(6-8)16-12(17)18-9-2-1-5-15-7-9/h3-4,6,9,15H,1-2,5,7H2,(H,16,17). The van der Waals surface area contributed by atoms with Crippen LogP contribution in [0.15, 0.2) is 18.2 Å². The van der Waals surface area contributed by atoms with Crippen LogP contribution in [0.2, 0.25) is 10.0 Å². The van der Waals surface area contributed by atoms with Crippen LogP contribution in [-0.2, 0) is 4.74 Å². The third kappa shape index (κ3) is 3.77. The van der Waals surface area contributed by atoms with Crippen LogP contribution in [0.25, 0.3) is 0 Å². The van der Waals surface area contributed by atoms with E-state index in [1.807, 2.05) is 0 Å². The van der Waals surface area contributed by atoms with E-state index in [0.717, 1.165) is 19.4 Å². The molecule has 1 saturated heterocycles. The summed E-state index contributed by atoms with van der Waals surface area (Å²) < 4.78 is 5.28. The molecule has 1 fully saturated rings. The number of anilines is 1. The van der Waals surface area contributed by atoms with Gasteiger partial charge in [0.05, 0.1) is 10.7 Å². The average Bonchev–Trinajstić information content (AvgIpc) is 2.35. The van der Waals surface area contributed by atoms with Gasteiger partial charge in [0.15, 0.2) is 0 Å². The minimum atomic E-state index is -0.507. The summed E-state index contributed by atoms with van der Waals surface area (Å²) in [6.45, 7) is 1.66. The SMILES string of the molecule is O=C(Nc1cc(Cl)ccc1Cl)OC1CCCNC1. The van der Waals surface area contributed by atoms with E-state index in [-0.39, 0.29) is 6.10 Å². The Kier molecular flexibility index (Phi) is 4.69. The lowest BCUT2D eigenvalue weighted by molar-refractivity contribution is 0.0941. The quantitative estimate of drug-likeness (QED) is 0.878. The molecular weight excluding hydrogens is 275 g/mol. The van der Waals surface area contributed by atoms with Crippen LogP contribution in [0.3, 0.4) is 0 Å². The van der Waals surface area contributed by atoms with E-state index in [9.17, 15) is 4.79 Å². The van der Waals surface area contributed by atoms with Gasteiger partial charge >= 0.3 is 6.09 Å². The van der Waals surface area contributed by atoms with Gasteiger partial charge in [-0.15, -0.1) is 0 Å². The Bertz CT molecular complexity index is 434. The zero-order valence-corrected chi connectivity index (χ0v) is 11.2. The predicted octanol–water partition coefficient (Wildman–Crippen LogP) is 3.29. The Morgan fingerprint density at radius 3 is 3.00 bits per heavy atom. The van der Waals surface area contributed by atoms with Gasteiger partial charge < -0.3 is 10.1 Å². The van der Waals surface area contributed by atoms with Gasteiger partial charge in [-0.05, 0) is 37.6 Å². The molecule has 1 aromatic carbocycles. The Labute approximate surface area is 116 Å². The Morgan fingerprint density at radius 2 is 2.28 bits per heavy atom. The minimum absolute atomic E-state index is 0.0864. The van der Waals surface area contributed by atoms with Crippen molar-refractivity contribution in [3.63, 3.8) is 0 Å². The number of carbonyl (C=O) groups is 1. The summed E-state index contributed by atoms with van der Waals surface area (Å²) in [4.78, 5) is 11.7. The molecular formula is C12H14Cl2N2O2. The molecule has 6 heteroatoms. The fourth-order valence-electron chi connectivity index (χ4n) is 1.80. The van der Waals surface area contributed by atoms with Crippen LogP contribution in [0.1, 0.15) is 12.8 Å². The maximum Gasteiger partial charge on any atom is 0.411 e. The van der Waals surface area contributed by atoms with E-state index in [1.165, 1.54) is 0 Å². The van der Waals surface area contributed by atoms with Crippen molar-refractivity contribution in [1.82, 2.24) is 5.32 Å². The lowest BCUT2D eigenvalue weighted by Crippen LogP contribution is -2.37. The number of hydrogen-bond acceptors (Lipinski definition) is 3. The minimum Gasteiger partial charge on any atom is -0.445 e. The molecule has 1 unspecified atom stereocenters. The summed E-state index contributed by atoms with van der Waals surface area (Å²) in [6, 6.07) is 4.87. The highest BCUT2D eigenvalue weighted by Crippen LogP contribution is 2.25. The Balaban J connectivity index is 1.92. The van der Waals surface area contributed by atoms with Gasteiger partial charge in [0.1, 0.15) is 6.10 Å². The molecule has 98 valence electrons. The second kappa shape index (κ2) is 6.27. The van der Waals surface area contributed by atoms with Crippen molar-refractivity contribution in [2.24, 2.45) is 0 Å². The summed E-state index contributed by atoms with van der Waals surface area (Å²) in [5.41, 5.74) is 0.456. The molecule has 4 nitrogen and oxygen atoms in total. The highest BCUT2D eigenvalue weighted by molar-refractivity contribution is 6.35. The molecule has 0 aliphatic carbocycles. The summed E-state index contributed by atoms with van der Waals surface area (Å²) in [5, 5.41) is 6.70. The maximum absolute atomic E-state index is 11.7. The van der Waals surface area contributed by atoms with Gasteiger partial charge in [0.25, 0.3) is 0 Å². The van der Waals surface area contributed by atoms with Crippen LogP contribution in [0.4, 0.5) is 10.5 Å². The number of piperidine rings is 1. The molecule has 0 radical (unpaired) electrons. The van der Waals surface area contributed by atoms with Crippen molar-refractivity contribution in [3.05, 3.63) is 28.2 Å². The molecule has 0 aromatic heterocycles. The lowest BCUT2D eigenvalue weighted by atomic mass is 10.1. The van der Waals surface area contributed by atoms with Crippen molar-refractivity contribution in [2.75, 3.05) is 18.4 Å². The van der Waals surface area contributed by atoms with Gasteiger partial charge in [-0.3, -0.25) is 5.32 Å². The highest BCUT2D eigenvalue weighted by atomic mass is 35.5. The van der Waals surface area contributed by atoms with Crippen LogP contribution >= 0.6 is 23.2 Å². The fraction of sp³-hybridized carbons (Fsp3) is 0.417. The number of hydrogen-bond donors (Lipinski definition) is 2. The maximum atomic E-state index is 11.7. The molecule has 18 heavy (non-hydrogen) atoms. The molecule has 1 amide bonds. The van der Waals surface area contributed by atoms with Crippen molar-refractivity contribution in [3.8, 4) is 0 Å². The van der Waals surface area contributed by atoms with Gasteiger partial charge in [0.2, 0.25) is 0 Å². The van der Waals surface area contributed by atoms with E-state index in [4.69, 9.17) is 27.9 Å². The van der Waals surface area contributed by atoms with E-state index >= 15 is 0 Å². The van der Waals surface area contributed by atoms with Gasteiger partial charge in [-0.25, -0.2) is 4.79 Å². The number of halogens is 2. The first kappa shape index (κ1) is 13.5. The van der Waals surface area contributed by atoms with Gasteiger partial charge in [-0.2, -0.15) is 0 Å². The molecule has 2 rings (SSSR count). The second-order valence-corrected chi connectivity index (χ2v) is 4.97. The molecule has 0 bridgehead atoms. The molecule has 1 atom stereocenters.